The monoisotopic (exact) mass is 364 g/mol. The van der Waals surface area contributed by atoms with Crippen molar-refractivity contribution in [2.45, 2.75) is 31.1 Å². The van der Waals surface area contributed by atoms with Gasteiger partial charge >= 0.3 is 5.97 Å². The summed E-state index contributed by atoms with van der Waals surface area (Å²) in [6.45, 7) is 2.11. The number of aliphatic carboxylic acids is 1. The van der Waals surface area contributed by atoms with Crippen LogP contribution < -0.4 is 0 Å². The van der Waals surface area contributed by atoms with Gasteiger partial charge in [0.1, 0.15) is 4.90 Å². The molecule has 0 spiro atoms. The molecule has 1 N–H and O–H groups in total. The molecule has 2 aromatic heterocycles. The lowest BCUT2D eigenvalue weighted by atomic mass is 9.81. The first-order valence-electron chi connectivity index (χ1n) is 8.28. The SMILES string of the molecule is Cc1nn(C)c2ncc(S(=O)(=O)N3C[C@@H]4CCC[C@@]4(C(=O)O)C3)cc12. The van der Waals surface area contributed by atoms with Crippen molar-refractivity contribution < 1.29 is 18.3 Å². The smallest absolute Gasteiger partial charge is 0.311 e. The molecule has 3 heterocycles. The van der Waals surface area contributed by atoms with Gasteiger partial charge in [-0.1, -0.05) is 6.42 Å². The van der Waals surface area contributed by atoms with E-state index >= 15 is 0 Å². The number of hydrogen-bond acceptors (Lipinski definition) is 5. The van der Waals surface area contributed by atoms with Gasteiger partial charge < -0.3 is 5.11 Å². The average Bonchev–Trinajstić information content (AvgIpc) is 3.19. The van der Waals surface area contributed by atoms with E-state index in [4.69, 9.17) is 0 Å². The first kappa shape index (κ1) is 16.5. The number of fused-ring (bicyclic) bond motifs is 2. The van der Waals surface area contributed by atoms with Crippen LogP contribution in [0.15, 0.2) is 17.2 Å². The number of carbonyl (C=O) groups is 1. The Morgan fingerprint density at radius 3 is 2.88 bits per heavy atom. The third-order valence-electron chi connectivity index (χ3n) is 5.74. The molecule has 8 nitrogen and oxygen atoms in total. The number of carboxylic acid groups (broad SMARTS) is 1. The lowest BCUT2D eigenvalue weighted by molar-refractivity contribution is -0.149. The summed E-state index contributed by atoms with van der Waals surface area (Å²) in [7, 11) is -2.02. The van der Waals surface area contributed by atoms with Crippen LogP contribution in [-0.4, -0.2) is 51.7 Å². The van der Waals surface area contributed by atoms with Crippen molar-refractivity contribution in [3.05, 3.63) is 18.0 Å². The van der Waals surface area contributed by atoms with Gasteiger partial charge in [0.15, 0.2) is 5.65 Å². The fourth-order valence-electron chi connectivity index (χ4n) is 4.35. The van der Waals surface area contributed by atoms with Crippen molar-refractivity contribution in [2.24, 2.45) is 18.4 Å². The fraction of sp³-hybridized carbons (Fsp3) is 0.562. The van der Waals surface area contributed by atoms with Crippen LogP contribution in [0, 0.1) is 18.3 Å². The van der Waals surface area contributed by atoms with E-state index in [0.29, 0.717) is 23.1 Å². The Labute approximate surface area is 145 Å². The summed E-state index contributed by atoms with van der Waals surface area (Å²) in [6.07, 6.45) is 3.48. The maximum atomic E-state index is 13.1. The van der Waals surface area contributed by atoms with Crippen molar-refractivity contribution in [1.82, 2.24) is 19.1 Å². The van der Waals surface area contributed by atoms with E-state index in [0.717, 1.165) is 12.8 Å². The van der Waals surface area contributed by atoms with Gasteiger partial charge in [0, 0.05) is 31.7 Å². The third-order valence-corrected chi connectivity index (χ3v) is 7.52. The van der Waals surface area contributed by atoms with Gasteiger partial charge in [-0.2, -0.15) is 9.40 Å². The standard InChI is InChI=1S/C16H20N4O4S/c1-10-13-6-12(7-17-14(13)19(2)18-10)25(23,24)20-8-11-4-3-5-16(11,9-20)15(21)22/h6-7,11H,3-5,8-9H2,1-2H3,(H,21,22)/t11-,16+/m0/s1. The molecule has 1 aliphatic heterocycles. The minimum absolute atomic E-state index is 0.0411. The van der Waals surface area contributed by atoms with E-state index in [1.165, 1.54) is 10.5 Å². The van der Waals surface area contributed by atoms with E-state index in [-0.39, 0.29) is 23.9 Å². The number of carboxylic acids is 1. The Bertz CT molecular complexity index is 983. The molecular formula is C16H20N4O4S. The second-order valence-corrected chi connectivity index (χ2v) is 9.04. The average molecular weight is 364 g/mol. The third kappa shape index (κ3) is 2.22. The van der Waals surface area contributed by atoms with E-state index in [2.05, 4.69) is 10.1 Å². The zero-order valence-corrected chi connectivity index (χ0v) is 15.0. The van der Waals surface area contributed by atoms with E-state index in [9.17, 15) is 18.3 Å². The van der Waals surface area contributed by atoms with Crippen molar-refractivity contribution >= 4 is 27.0 Å². The lowest BCUT2D eigenvalue weighted by Gasteiger charge is -2.23. The highest BCUT2D eigenvalue weighted by Crippen LogP contribution is 2.50. The molecule has 1 saturated carbocycles. The molecule has 0 bridgehead atoms. The summed E-state index contributed by atoms with van der Waals surface area (Å²) in [4.78, 5) is 16.1. The Kier molecular flexibility index (Phi) is 3.46. The second kappa shape index (κ2) is 5.25. The largest absolute Gasteiger partial charge is 0.481 e. The molecule has 4 rings (SSSR count). The van der Waals surface area contributed by atoms with Gasteiger partial charge in [0.2, 0.25) is 10.0 Å². The summed E-state index contributed by atoms with van der Waals surface area (Å²) >= 11 is 0. The zero-order valence-electron chi connectivity index (χ0n) is 14.1. The Morgan fingerprint density at radius 2 is 2.20 bits per heavy atom. The van der Waals surface area contributed by atoms with Gasteiger partial charge in [-0.15, -0.1) is 0 Å². The lowest BCUT2D eigenvalue weighted by Crippen LogP contribution is -2.37. The number of sulfonamides is 1. The summed E-state index contributed by atoms with van der Waals surface area (Å²) < 4.78 is 29.0. The number of aryl methyl sites for hydroxylation is 2. The highest BCUT2D eigenvalue weighted by Gasteiger charge is 2.57. The molecule has 0 amide bonds. The van der Waals surface area contributed by atoms with Crippen LogP contribution in [0.1, 0.15) is 25.0 Å². The number of pyridine rings is 1. The van der Waals surface area contributed by atoms with Crippen LogP contribution in [0.25, 0.3) is 11.0 Å². The van der Waals surface area contributed by atoms with Crippen LogP contribution in [0.3, 0.4) is 0 Å². The van der Waals surface area contributed by atoms with E-state index in [1.807, 2.05) is 0 Å². The fourth-order valence-corrected chi connectivity index (χ4v) is 5.88. The minimum Gasteiger partial charge on any atom is -0.481 e. The molecule has 0 radical (unpaired) electrons. The maximum Gasteiger partial charge on any atom is 0.311 e. The van der Waals surface area contributed by atoms with Crippen molar-refractivity contribution in [3.8, 4) is 0 Å². The molecular weight excluding hydrogens is 344 g/mol. The number of hydrogen-bond donors (Lipinski definition) is 1. The van der Waals surface area contributed by atoms with Crippen LogP contribution in [-0.2, 0) is 21.9 Å². The molecule has 2 aromatic rings. The predicted octanol–water partition coefficient (Wildman–Crippen LogP) is 1.15. The van der Waals surface area contributed by atoms with Crippen LogP contribution >= 0.6 is 0 Å². The quantitative estimate of drug-likeness (QED) is 0.876. The summed E-state index contributed by atoms with van der Waals surface area (Å²) in [6, 6.07) is 1.58. The number of aromatic nitrogens is 3. The van der Waals surface area contributed by atoms with Gasteiger partial charge in [-0.25, -0.2) is 13.4 Å². The van der Waals surface area contributed by atoms with Gasteiger partial charge in [0.25, 0.3) is 0 Å². The highest BCUT2D eigenvalue weighted by molar-refractivity contribution is 7.89. The van der Waals surface area contributed by atoms with Crippen LogP contribution in [0.2, 0.25) is 0 Å². The molecule has 1 aliphatic carbocycles. The van der Waals surface area contributed by atoms with Crippen molar-refractivity contribution in [3.63, 3.8) is 0 Å². The number of nitrogens with zero attached hydrogens (tertiary/aromatic N) is 4. The predicted molar refractivity (Wildman–Crippen MR) is 89.4 cm³/mol. The minimum atomic E-state index is -3.78. The second-order valence-electron chi connectivity index (χ2n) is 7.10. The molecule has 2 fully saturated rings. The van der Waals surface area contributed by atoms with Crippen LogP contribution in [0.5, 0.6) is 0 Å². The van der Waals surface area contributed by atoms with Crippen molar-refractivity contribution in [2.75, 3.05) is 13.1 Å². The normalized spacial score (nSPS) is 27.0. The summed E-state index contributed by atoms with van der Waals surface area (Å²) in [5.74, 6) is -0.999. The molecule has 0 aromatic carbocycles. The maximum absolute atomic E-state index is 13.1. The molecule has 1 saturated heterocycles. The highest BCUT2D eigenvalue weighted by atomic mass is 32.2. The molecule has 25 heavy (non-hydrogen) atoms. The first-order chi connectivity index (χ1) is 11.8. The molecule has 9 heteroatoms. The van der Waals surface area contributed by atoms with Crippen molar-refractivity contribution in [1.29, 1.82) is 0 Å². The molecule has 0 unspecified atom stereocenters. The topological polar surface area (TPSA) is 105 Å². The summed E-state index contributed by atoms with van der Waals surface area (Å²) in [5.41, 5.74) is 0.397. The van der Waals surface area contributed by atoms with E-state index < -0.39 is 21.4 Å². The van der Waals surface area contributed by atoms with Gasteiger partial charge in [0.05, 0.1) is 11.1 Å². The van der Waals surface area contributed by atoms with Gasteiger partial charge in [-0.05, 0) is 31.7 Å². The Hall–Kier alpha value is -2.00. The Balaban J connectivity index is 1.73. The first-order valence-corrected chi connectivity index (χ1v) is 9.72. The number of rotatable bonds is 3. The molecule has 2 atom stereocenters. The van der Waals surface area contributed by atoms with Crippen LogP contribution in [0.4, 0.5) is 0 Å². The summed E-state index contributed by atoms with van der Waals surface area (Å²) in [5, 5.41) is 14.6. The van der Waals surface area contributed by atoms with Gasteiger partial charge in [-0.3, -0.25) is 9.48 Å². The molecule has 2 aliphatic rings. The van der Waals surface area contributed by atoms with E-state index in [1.54, 1.807) is 24.7 Å². The Morgan fingerprint density at radius 1 is 1.44 bits per heavy atom. The molecule has 134 valence electrons. The zero-order chi connectivity index (χ0) is 18.0.